The molecule has 0 saturated carbocycles. The Balaban J connectivity index is 2.24. The van der Waals surface area contributed by atoms with Crippen molar-refractivity contribution in [2.45, 2.75) is 19.4 Å². The predicted molar refractivity (Wildman–Crippen MR) is 85.0 cm³/mol. The lowest BCUT2D eigenvalue weighted by atomic mass is 10.1. The van der Waals surface area contributed by atoms with E-state index in [1.165, 1.54) is 4.90 Å². The van der Waals surface area contributed by atoms with Crippen LogP contribution in [-0.4, -0.2) is 43.8 Å². The molecule has 0 aliphatic carbocycles. The van der Waals surface area contributed by atoms with Gasteiger partial charge in [-0.3, -0.25) is 9.59 Å². The SMILES string of the molecule is CSCCC(C)N(C)c1ccc2c(c1)N(C)C(=O)C2=O. The molecule has 5 heteroatoms. The quantitative estimate of drug-likeness (QED) is 0.782. The summed E-state index contributed by atoms with van der Waals surface area (Å²) in [4.78, 5) is 27.1. The van der Waals surface area contributed by atoms with E-state index >= 15 is 0 Å². The number of Topliss-reactive ketones (excluding diaryl/α,β-unsaturated/α-hetero) is 1. The first-order valence-corrected chi connectivity index (χ1v) is 8.05. The van der Waals surface area contributed by atoms with E-state index in [0.29, 0.717) is 17.3 Å². The van der Waals surface area contributed by atoms with Crippen LogP contribution in [0.1, 0.15) is 23.7 Å². The molecule has 1 aliphatic rings. The van der Waals surface area contributed by atoms with Gasteiger partial charge in [0.2, 0.25) is 0 Å². The smallest absolute Gasteiger partial charge is 0.299 e. The van der Waals surface area contributed by atoms with Crippen LogP contribution in [0.4, 0.5) is 11.4 Å². The molecule has 0 spiro atoms. The number of rotatable bonds is 5. The molecule has 0 N–H and O–H groups in total. The second kappa shape index (κ2) is 5.87. The number of carbonyl (C=O) groups is 2. The van der Waals surface area contributed by atoms with Crippen molar-refractivity contribution in [3.63, 3.8) is 0 Å². The van der Waals surface area contributed by atoms with Gasteiger partial charge in [0.05, 0.1) is 11.3 Å². The molecule has 0 fully saturated rings. The zero-order valence-electron chi connectivity index (χ0n) is 12.3. The molecule has 0 bridgehead atoms. The number of amides is 1. The zero-order chi connectivity index (χ0) is 14.9. The molecule has 0 aromatic heterocycles. The predicted octanol–water partition coefficient (Wildman–Crippen LogP) is 2.42. The van der Waals surface area contributed by atoms with Crippen LogP contribution >= 0.6 is 11.8 Å². The molecule has 0 radical (unpaired) electrons. The summed E-state index contributed by atoms with van der Waals surface area (Å²) in [6.07, 6.45) is 3.21. The average molecular weight is 292 g/mol. The summed E-state index contributed by atoms with van der Waals surface area (Å²) in [7, 11) is 3.69. The van der Waals surface area contributed by atoms with Crippen molar-refractivity contribution in [1.29, 1.82) is 0 Å². The number of likely N-dealkylation sites (N-methyl/N-ethyl adjacent to an activating group) is 1. The Morgan fingerprint density at radius 3 is 2.70 bits per heavy atom. The fourth-order valence-corrected chi connectivity index (χ4v) is 2.90. The summed E-state index contributed by atoms with van der Waals surface area (Å²) in [6, 6.07) is 6.01. The van der Waals surface area contributed by atoms with Crippen LogP contribution in [0.15, 0.2) is 18.2 Å². The first kappa shape index (κ1) is 14.9. The van der Waals surface area contributed by atoms with Crippen LogP contribution in [0.25, 0.3) is 0 Å². The van der Waals surface area contributed by atoms with Gasteiger partial charge < -0.3 is 9.80 Å². The highest BCUT2D eigenvalue weighted by molar-refractivity contribution is 7.98. The molecule has 1 atom stereocenters. The molecule has 0 saturated heterocycles. The lowest BCUT2D eigenvalue weighted by Gasteiger charge is -2.27. The van der Waals surface area contributed by atoms with Crippen molar-refractivity contribution in [3.05, 3.63) is 23.8 Å². The Morgan fingerprint density at radius 2 is 2.05 bits per heavy atom. The van der Waals surface area contributed by atoms with E-state index in [1.54, 1.807) is 13.1 Å². The third kappa shape index (κ3) is 2.54. The fourth-order valence-electron chi connectivity index (χ4n) is 2.32. The number of hydrogen-bond acceptors (Lipinski definition) is 4. The number of nitrogens with zero attached hydrogens (tertiary/aromatic N) is 2. The van der Waals surface area contributed by atoms with Gasteiger partial charge in [0.25, 0.3) is 11.7 Å². The number of ketones is 1. The highest BCUT2D eigenvalue weighted by Gasteiger charge is 2.33. The number of hydrogen-bond donors (Lipinski definition) is 0. The minimum atomic E-state index is -0.449. The third-order valence-electron chi connectivity index (χ3n) is 3.89. The van der Waals surface area contributed by atoms with Crippen molar-refractivity contribution in [2.24, 2.45) is 0 Å². The van der Waals surface area contributed by atoms with Crippen molar-refractivity contribution in [2.75, 3.05) is 35.9 Å². The molecule has 1 aliphatic heterocycles. The first-order valence-electron chi connectivity index (χ1n) is 6.65. The summed E-state index contributed by atoms with van der Waals surface area (Å²) in [5.74, 6) is 0.259. The third-order valence-corrected chi connectivity index (χ3v) is 4.54. The van der Waals surface area contributed by atoms with E-state index in [-0.39, 0.29) is 0 Å². The van der Waals surface area contributed by atoms with Crippen LogP contribution in [-0.2, 0) is 4.79 Å². The number of fused-ring (bicyclic) bond motifs is 1. The van der Waals surface area contributed by atoms with Crippen LogP contribution in [0, 0.1) is 0 Å². The van der Waals surface area contributed by atoms with Gasteiger partial charge in [0.15, 0.2) is 0 Å². The minimum absolute atomic E-state index is 0.410. The van der Waals surface area contributed by atoms with Gasteiger partial charge in [0.1, 0.15) is 0 Å². The summed E-state index contributed by atoms with van der Waals surface area (Å²) < 4.78 is 0. The van der Waals surface area contributed by atoms with Crippen molar-refractivity contribution in [3.8, 4) is 0 Å². The highest BCUT2D eigenvalue weighted by atomic mass is 32.2. The van der Waals surface area contributed by atoms with Crippen LogP contribution < -0.4 is 9.80 Å². The van der Waals surface area contributed by atoms with Crippen LogP contribution in [0.5, 0.6) is 0 Å². The largest absolute Gasteiger partial charge is 0.372 e. The molecule has 1 heterocycles. The fraction of sp³-hybridized carbons (Fsp3) is 0.467. The first-order chi connectivity index (χ1) is 9.47. The topological polar surface area (TPSA) is 40.6 Å². The Kier molecular flexibility index (Phi) is 4.38. The maximum absolute atomic E-state index is 11.8. The lowest BCUT2D eigenvalue weighted by Crippen LogP contribution is -2.29. The summed E-state index contributed by atoms with van der Waals surface area (Å²) in [6.45, 7) is 2.18. The summed E-state index contributed by atoms with van der Waals surface area (Å²) in [5, 5.41) is 0. The Hall–Kier alpha value is -1.49. The van der Waals surface area contributed by atoms with Gasteiger partial charge in [-0.05, 0) is 43.6 Å². The van der Waals surface area contributed by atoms with Gasteiger partial charge in [-0.25, -0.2) is 0 Å². The molecule has 108 valence electrons. The van der Waals surface area contributed by atoms with Gasteiger partial charge in [0, 0.05) is 25.8 Å². The molecule has 1 aromatic rings. The van der Waals surface area contributed by atoms with Crippen LogP contribution in [0.3, 0.4) is 0 Å². The Bertz CT molecular complexity index is 545. The molecular formula is C15H20N2O2S. The molecule has 20 heavy (non-hydrogen) atoms. The molecule has 2 rings (SSSR count). The minimum Gasteiger partial charge on any atom is -0.372 e. The molecule has 1 unspecified atom stereocenters. The van der Waals surface area contributed by atoms with E-state index < -0.39 is 11.7 Å². The standard InChI is InChI=1S/C15H20N2O2S/c1-10(7-8-20-4)16(2)11-5-6-12-13(9-11)17(3)15(19)14(12)18/h5-6,9-10H,7-8H2,1-4H3. The van der Waals surface area contributed by atoms with E-state index in [1.807, 2.05) is 30.9 Å². The van der Waals surface area contributed by atoms with E-state index in [9.17, 15) is 9.59 Å². The Labute approximate surface area is 124 Å². The van der Waals surface area contributed by atoms with Crippen molar-refractivity contribution in [1.82, 2.24) is 0 Å². The number of carbonyl (C=O) groups excluding carboxylic acids is 2. The maximum atomic E-state index is 11.8. The summed E-state index contributed by atoms with van der Waals surface area (Å²) in [5.41, 5.74) is 2.25. The van der Waals surface area contributed by atoms with E-state index in [2.05, 4.69) is 18.1 Å². The van der Waals surface area contributed by atoms with Gasteiger partial charge in [-0.15, -0.1) is 0 Å². The molecule has 1 aromatic carbocycles. The lowest BCUT2D eigenvalue weighted by molar-refractivity contribution is -0.114. The molecule has 4 nitrogen and oxygen atoms in total. The Morgan fingerprint density at radius 1 is 1.35 bits per heavy atom. The summed E-state index contributed by atoms with van der Waals surface area (Å²) >= 11 is 1.84. The van der Waals surface area contributed by atoms with E-state index in [4.69, 9.17) is 0 Å². The van der Waals surface area contributed by atoms with Gasteiger partial charge in [-0.2, -0.15) is 11.8 Å². The van der Waals surface area contributed by atoms with Crippen molar-refractivity contribution < 1.29 is 9.59 Å². The van der Waals surface area contributed by atoms with Gasteiger partial charge >= 0.3 is 0 Å². The maximum Gasteiger partial charge on any atom is 0.299 e. The number of anilines is 2. The second-order valence-electron chi connectivity index (χ2n) is 5.14. The number of benzene rings is 1. The second-order valence-corrected chi connectivity index (χ2v) is 6.12. The van der Waals surface area contributed by atoms with Crippen molar-refractivity contribution >= 4 is 34.8 Å². The monoisotopic (exact) mass is 292 g/mol. The zero-order valence-corrected chi connectivity index (χ0v) is 13.2. The van der Waals surface area contributed by atoms with Gasteiger partial charge in [-0.1, -0.05) is 0 Å². The number of thioether (sulfide) groups is 1. The molecule has 1 amide bonds. The molecular weight excluding hydrogens is 272 g/mol. The van der Waals surface area contributed by atoms with Crippen LogP contribution in [0.2, 0.25) is 0 Å². The normalized spacial score (nSPS) is 15.5. The average Bonchev–Trinajstić information content (AvgIpc) is 2.68. The highest BCUT2D eigenvalue weighted by Crippen LogP contribution is 2.32. The van der Waals surface area contributed by atoms with E-state index in [0.717, 1.165) is 17.9 Å².